The lowest BCUT2D eigenvalue weighted by Gasteiger charge is -2.62. The van der Waals surface area contributed by atoms with E-state index in [-0.39, 0.29) is 95.6 Å². The third-order valence-corrected chi connectivity index (χ3v) is 19.3. The summed E-state index contributed by atoms with van der Waals surface area (Å²) in [5.74, 6) is -1.46. The Morgan fingerprint density at radius 1 is 0.714 bits per heavy atom. The molecule has 408 valence electrons. The summed E-state index contributed by atoms with van der Waals surface area (Å²) in [7, 11) is 0. The van der Waals surface area contributed by atoms with Crippen molar-refractivity contribution in [3.05, 3.63) is 111 Å². The van der Waals surface area contributed by atoms with Crippen LogP contribution in [0.5, 0.6) is 0 Å². The lowest BCUT2D eigenvalue weighted by Crippen LogP contribution is -2.64. The molecule has 5 aliphatic heterocycles. The molecular weight excluding hydrogens is 983 g/mol. The molecule has 13 rings (SSSR count). The van der Waals surface area contributed by atoms with Crippen molar-refractivity contribution in [1.29, 1.82) is 0 Å². The number of likely N-dealkylation sites (tertiary alicyclic amines) is 2. The van der Waals surface area contributed by atoms with E-state index in [1.807, 2.05) is 17.0 Å². The molecule has 17 heteroatoms. The predicted molar refractivity (Wildman–Crippen MR) is 284 cm³/mol. The molecule has 4 aliphatic carbocycles. The van der Waals surface area contributed by atoms with E-state index >= 15 is 8.78 Å². The second-order valence-electron chi connectivity index (χ2n) is 23.9. The molecule has 0 unspecified atom stereocenters. The average Bonchev–Trinajstić information content (AvgIpc) is 4.02. The first kappa shape index (κ1) is 51.7. The Morgan fingerprint density at radius 2 is 1.40 bits per heavy atom. The SMILES string of the molecule is O=C(N[C@@H](C(=O)N1CCC(OC2CCN(CC(=O)N3CCN(C(=O)c4cc(Cc5n[nH]c(=O)c6ccccc56)ccc4F)CC3)CC2)CC1)C1CCCCC1)c1cccc([C@@H]2CC[C@@H]3CC[C@H]2N3C(=O)C23CC(C2)C3)c1F. The third kappa shape index (κ3) is 10.2. The van der Waals surface area contributed by atoms with Gasteiger partial charge in [0.25, 0.3) is 17.4 Å². The van der Waals surface area contributed by atoms with Crippen LogP contribution >= 0.6 is 0 Å². The van der Waals surface area contributed by atoms with E-state index in [1.54, 1.807) is 46.2 Å². The number of rotatable bonds is 13. The van der Waals surface area contributed by atoms with Gasteiger partial charge in [-0.15, -0.1) is 0 Å². The Hall–Kier alpha value is -6.07. The molecule has 9 fully saturated rings. The van der Waals surface area contributed by atoms with Gasteiger partial charge in [0.15, 0.2) is 0 Å². The maximum absolute atomic E-state index is 16.8. The molecule has 9 aliphatic rings. The molecule has 3 aromatic carbocycles. The smallest absolute Gasteiger partial charge is 0.272 e. The summed E-state index contributed by atoms with van der Waals surface area (Å²) in [5.41, 5.74) is 1.27. The van der Waals surface area contributed by atoms with Crippen molar-refractivity contribution >= 4 is 40.3 Å². The van der Waals surface area contributed by atoms with Gasteiger partial charge in [-0.3, -0.25) is 33.7 Å². The number of H-pyrrole nitrogens is 1. The zero-order valence-corrected chi connectivity index (χ0v) is 44.1. The molecule has 1 aromatic heterocycles. The van der Waals surface area contributed by atoms with Crippen LogP contribution in [0, 0.1) is 28.9 Å². The van der Waals surface area contributed by atoms with Crippen LogP contribution in [0.3, 0.4) is 0 Å². The van der Waals surface area contributed by atoms with Crippen LogP contribution in [-0.2, 0) is 25.5 Å². The molecule has 6 heterocycles. The van der Waals surface area contributed by atoms with E-state index in [4.69, 9.17) is 4.74 Å². The average molecular weight is 1060 g/mol. The number of aromatic amines is 1. The summed E-state index contributed by atoms with van der Waals surface area (Å²) in [5, 5.41) is 11.0. The summed E-state index contributed by atoms with van der Waals surface area (Å²) in [6.45, 7) is 3.99. The number of piperidine rings is 3. The van der Waals surface area contributed by atoms with Gasteiger partial charge in [0.1, 0.15) is 17.7 Å². The molecule has 5 saturated heterocycles. The molecule has 0 radical (unpaired) electrons. The molecule has 15 nitrogen and oxygen atoms in total. The summed E-state index contributed by atoms with van der Waals surface area (Å²) in [6.07, 6.45) is 14.4. The van der Waals surface area contributed by atoms with Crippen LogP contribution < -0.4 is 10.9 Å². The zero-order chi connectivity index (χ0) is 53.0. The monoisotopic (exact) mass is 1050 g/mol. The van der Waals surface area contributed by atoms with Crippen LogP contribution in [-0.4, -0.2) is 153 Å². The van der Waals surface area contributed by atoms with Gasteiger partial charge in [-0.25, -0.2) is 13.9 Å². The highest BCUT2D eigenvalue weighted by molar-refractivity contribution is 5.98. The lowest BCUT2D eigenvalue weighted by atomic mass is 9.44. The van der Waals surface area contributed by atoms with Gasteiger partial charge in [-0.1, -0.05) is 55.7 Å². The molecule has 4 atom stereocenters. The number of piperazine rings is 1. The van der Waals surface area contributed by atoms with E-state index < -0.39 is 29.5 Å². The van der Waals surface area contributed by atoms with Gasteiger partial charge in [-0.05, 0) is 131 Å². The molecule has 77 heavy (non-hydrogen) atoms. The number of benzene rings is 3. The number of halogens is 2. The second kappa shape index (κ2) is 21.6. The van der Waals surface area contributed by atoms with Crippen molar-refractivity contribution in [3.8, 4) is 0 Å². The Bertz CT molecular complexity index is 2960. The highest BCUT2D eigenvalue weighted by atomic mass is 19.1. The van der Waals surface area contributed by atoms with Gasteiger partial charge >= 0.3 is 0 Å². The normalized spacial score (nSPS) is 26.5. The van der Waals surface area contributed by atoms with E-state index in [1.165, 1.54) is 12.1 Å². The van der Waals surface area contributed by atoms with Crippen LogP contribution in [0.4, 0.5) is 8.78 Å². The fourth-order valence-corrected chi connectivity index (χ4v) is 14.8. The number of nitrogens with zero attached hydrogens (tertiary/aromatic N) is 6. The molecule has 4 aromatic rings. The fraction of sp³-hybridized carbons (Fsp3) is 0.583. The lowest BCUT2D eigenvalue weighted by molar-refractivity contribution is -0.181. The van der Waals surface area contributed by atoms with Crippen molar-refractivity contribution in [2.45, 2.75) is 145 Å². The first-order chi connectivity index (χ1) is 37.4. The van der Waals surface area contributed by atoms with Crippen LogP contribution in [0.25, 0.3) is 10.8 Å². The minimum Gasteiger partial charge on any atom is -0.375 e. The van der Waals surface area contributed by atoms with Gasteiger partial charge in [0.2, 0.25) is 17.7 Å². The first-order valence-corrected chi connectivity index (χ1v) is 28.8. The first-order valence-electron chi connectivity index (χ1n) is 28.8. The second-order valence-corrected chi connectivity index (χ2v) is 23.9. The van der Waals surface area contributed by atoms with Gasteiger partial charge in [0, 0.05) is 82.2 Å². The van der Waals surface area contributed by atoms with Crippen molar-refractivity contribution in [1.82, 2.24) is 40.0 Å². The maximum atomic E-state index is 16.8. The summed E-state index contributed by atoms with van der Waals surface area (Å²) in [4.78, 5) is 91.5. The van der Waals surface area contributed by atoms with Crippen molar-refractivity contribution in [2.24, 2.45) is 17.3 Å². The van der Waals surface area contributed by atoms with Crippen molar-refractivity contribution in [2.75, 3.05) is 58.9 Å². The number of fused-ring (bicyclic) bond motifs is 3. The summed E-state index contributed by atoms with van der Waals surface area (Å²) < 4.78 is 38.5. The van der Waals surface area contributed by atoms with Crippen LogP contribution in [0.1, 0.15) is 146 Å². The number of ether oxygens (including phenoxy) is 1. The Balaban J connectivity index is 0.595. The van der Waals surface area contributed by atoms with Crippen LogP contribution in [0.15, 0.2) is 65.5 Å². The number of aromatic nitrogens is 2. The molecule has 4 bridgehead atoms. The highest BCUT2D eigenvalue weighted by Crippen LogP contribution is 2.66. The van der Waals surface area contributed by atoms with Gasteiger partial charge in [-0.2, -0.15) is 5.10 Å². The van der Waals surface area contributed by atoms with Crippen molar-refractivity contribution in [3.63, 3.8) is 0 Å². The number of amides is 5. The van der Waals surface area contributed by atoms with Crippen LogP contribution in [0.2, 0.25) is 0 Å². The van der Waals surface area contributed by atoms with Gasteiger partial charge < -0.3 is 29.7 Å². The number of nitrogens with one attached hydrogen (secondary N) is 2. The third-order valence-electron chi connectivity index (χ3n) is 19.3. The Morgan fingerprint density at radius 3 is 2.12 bits per heavy atom. The largest absolute Gasteiger partial charge is 0.375 e. The maximum Gasteiger partial charge on any atom is 0.272 e. The highest BCUT2D eigenvalue weighted by Gasteiger charge is 2.64. The molecular formula is C60H72F2N8O7. The van der Waals surface area contributed by atoms with Crippen molar-refractivity contribution < 1.29 is 37.5 Å². The predicted octanol–water partition coefficient (Wildman–Crippen LogP) is 6.96. The Labute approximate surface area is 448 Å². The Kier molecular flexibility index (Phi) is 14.5. The number of carbonyl (C=O) groups excluding carboxylic acids is 5. The topological polar surface area (TPSA) is 169 Å². The zero-order valence-electron chi connectivity index (χ0n) is 44.1. The number of hydrogen-bond donors (Lipinski definition) is 2. The van der Waals surface area contributed by atoms with E-state index in [2.05, 4.69) is 25.3 Å². The minimum absolute atomic E-state index is 0.00464. The van der Waals surface area contributed by atoms with E-state index in [0.717, 1.165) is 89.9 Å². The minimum atomic E-state index is -0.748. The number of carbonyl (C=O) groups is 5. The fourth-order valence-electron chi connectivity index (χ4n) is 14.8. The number of hydrogen-bond acceptors (Lipinski definition) is 9. The van der Waals surface area contributed by atoms with Gasteiger partial charge in [0.05, 0.1) is 46.4 Å². The molecule has 0 spiro atoms. The summed E-state index contributed by atoms with van der Waals surface area (Å²) >= 11 is 0. The molecule has 2 N–H and O–H groups in total. The van der Waals surface area contributed by atoms with E-state index in [0.29, 0.717) is 92.0 Å². The quantitative estimate of drug-likeness (QED) is 0.144. The molecule has 4 saturated carbocycles. The summed E-state index contributed by atoms with van der Waals surface area (Å²) in [6, 6.07) is 16.1. The van der Waals surface area contributed by atoms with E-state index in [9.17, 15) is 28.8 Å². The standard InChI is InChI=1S/C60H72F2N8O7/c61-49-17-13-37(32-50-43-9-4-5-10-46(43)56(73)65-64-50)31-48(49)57(74)69-29-27-67(28-30-69)52(71)36-66-23-19-41(20-24-66)77-42-21-25-68(26-22-42)58(75)54(39-7-2-1-3-8-39)63-55(72)47-12-6-11-45(53(47)62)44-16-14-40-15-18-51(44)70(40)59(76)60-33-38(34-60)35-60/h4-6,9-13,17,31,38-42,44,51,54H,1-3,7-8,14-16,18-30,32-36H2,(H,63,72)(H,65,73)/t38?,40-,44+,51-,54-,60?/m1/s1. The molecule has 5 amide bonds.